The summed E-state index contributed by atoms with van der Waals surface area (Å²) in [4.78, 5) is 12.3. The lowest BCUT2D eigenvalue weighted by Gasteiger charge is -2.49. The van der Waals surface area contributed by atoms with Crippen molar-refractivity contribution in [3.05, 3.63) is 22.8 Å². The average Bonchev–Trinajstić information content (AvgIpc) is 2.74. The molecule has 4 rings (SSSR count). The molecule has 1 nitrogen and oxygen atoms in total. The van der Waals surface area contributed by atoms with E-state index in [1.807, 2.05) is 0 Å². The molecular formula is C19H26O. The van der Waals surface area contributed by atoms with Gasteiger partial charge in [0.2, 0.25) is 0 Å². The van der Waals surface area contributed by atoms with Crippen molar-refractivity contribution in [3.63, 3.8) is 0 Å². The van der Waals surface area contributed by atoms with E-state index in [-0.39, 0.29) is 5.41 Å². The maximum Gasteiger partial charge on any atom is 0.139 e. The predicted molar refractivity (Wildman–Crippen MR) is 81.3 cm³/mol. The van der Waals surface area contributed by atoms with Crippen LogP contribution >= 0.6 is 0 Å². The second-order valence-electron chi connectivity index (χ2n) is 7.89. The molecule has 0 saturated heterocycles. The molecule has 0 N–H and O–H groups in total. The molecule has 0 amide bonds. The minimum Gasteiger partial charge on any atom is -0.299 e. The van der Waals surface area contributed by atoms with Gasteiger partial charge in [0.05, 0.1) is 0 Å². The van der Waals surface area contributed by atoms with E-state index in [9.17, 15) is 4.79 Å². The second-order valence-corrected chi connectivity index (χ2v) is 7.89. The summed E-state index contributed by atoms with van der Waals surface area (Å²) >= 11 is 0. The fourth-order valence-corrected chi connectivity index (χ4v) is 5.85. The normalized spacial score (nSPS) is 43.8. The number of carbonyl (C=O) groups excluding carboxylic acids is 1. The van der Waals surface area contributed by atoms with Crippen LogP contribution < -0.4 is 0 Å². The molecular weight excluding hydrogens is 244 g/mol. The standard InChI is InChI=1S/C19H26O/c1-12-3-5-14-13(11-12)4-6-16-15(14)9-10-19(2)17(16)7-8-18(19)20/h3,15-17H,4-11H2,1-2H3/t15-,16-,17+,19+/m1/s1. The second kappa shape index (κ2) is 4.32. The van der Waals surface area contributed by atoms with E-state index in [0.717, 1.165) is 24.7 Å². The number of fused-ring (bicyclic) bond motifs is 4. The van der Waals surface area contributed by atoms with Gasteiger partial charge in [-0.2, -0.15) is 0 Å². The molecule has 4 atom stereocenters. The number of rotatable bonds is 0. The van der Waals surface area contributed by atoms with Gasteiger partial charge in [-0.3, -0.25) is 4.79 Å². The highest BCUT2D eigenvalue weighted by Gasteiger charge is 2.54. The van der Waals surface area contributed by atoms with E-state index < -0.39 is 0 Å². The molecule has 2 fully saturated rings. The summed E-state index contributed by atoms with van der Waals surface area (Å²) in [6.07, 6.45) is 12.0. The molecule has 0 aromatic rings. The number of hydrogen-bond acceptors (Lipinski definition) is 1. The molecule has 20 heavy (non-hydrogen) atoms. The first-order valence-electron chi connectivity index (χ1n) is 8.49. The van der Waals surface area contributed by atoms with Gasteiger partial charge >= 0.3 is 0 Å². The summed E-state index contributed by atoms with van der Waals surface area (Å²) in [6.45, 7) is 4.56. The first kappa shape index (κ1) is 12.9. The van der Waals surface area contributed by atoms with Gasteiger partial charge in [0.1, 0.15) is 5.78 Å². The summed E-state index contributed by atoms with van der Waals surface area (Å²) in [5, 5.41) is 0. The van der Waals surface area contributed by atoms with Gasteiger partial charge in [-0.05, 0) is 69.6 Å². The van der Waals surface area contributed by atoms with Gasteiger partial charge in [0.15, 0.2) is 0 Å². The molecule has 2 saturated carbocycles. The average molecular weight is 270 g/mol. The van der Waals surface area contributed by atoms with Crippen LogP contribution in [-0.4, -0.2) is 5.78 Å². The summed E-state index contributed by atoms with van der Waals surface area (Å²) in [5.41, 5.74) is 5.16. The Morgan fingerprint density at radius 3 is 2.90 bits per heavy atom. The van der Waals surface area contributed by atoms with E-state index in [2.05, 4.69) is 19.9 Å². The fraction of sp³-hybridized carbons (Fsp3) is 0.737. The number of hydrogen-bond donors (Lipinski definition) is 0. The lowest BCUT2D eigenvalue weighted by Crippen LogP contribution is -2.43. The first-order chi connectivity index (χ1) is 9.59. The van der Waals surface area contributed by atoms with Crippen molar-refractivity contribution in [2.45, 2.75) is 65.2 Å². The van der Waals surface area contributed by atoms with Crippen molar-refractivity contribution in [1.82, 2.24) is 0 Å². The molecule has 4 aliphatic carbocycles. The van der Waals surface area contributed by atoms with Crippen LogP contribution in [0, 0.1) is 23.2 Å². The van der Waals surface area contributed by atoms with Crippen LogP contribution in [0.2, 0.25) is 0 Å². The molecule has 0 aromatic carbocycles. The highest BCUT2D eigenvalue weighted by Crippen LogP contribution is 2.59. The molecule has 0 radical (unpaired) electrons. The van der Waals surface area contributed by atoms with Crippen molar-refractivity contribution < 1.29 is 4.79 Å². The summed E-state index contributed by atoms with van der Waals surface area (Å²) < 4.78 is 0. The van der Waals surface area contributed by atoms with Crippen molar-refractivity contribution in [3.8, 4) is 0 Å². The lowest BCUT2D eigenvalue weighted by atomic mass is 9.54. The Labute approximate surface area is 122 Å². The Bertz CT molecular complexity index is 524. The molecule has 0 aliphatic heterocycles. The summed E-state index contributed by atoms with van der Waals surface area (Å²) in [7, 11) is 0. The Morgan fingerprint density at radius 2 is 2.05 bits per heavy atom. The van der Waals surface area contributed by atoms with Crippen LogP contribution in [-0.2, 0) is 4.79 Å². The van der Waals surface area contributed by atoms with Crippen molar-refractivity contribution in [2.75, 3.05) is 0 Å². The number of ketones is 1. The maximum absolute atomic E-state index is 12.3. The van der Waals surface area contributed by atoms with Gasteiger partial charge in [-0.15, -0.1) is 0 Å². The molecule has 4 aliphatic rings. The van der Waals surface area contributed by atoms with Crippen LogP contribution in [0.15, 0.2) is 22.8 Å². The zero-order chi connectivity index (χ0) is 13.9. The third-order valence-electron chi connectivity index (χ3n) is 6.99. The van der Waals surface area contributed by atoms with E-state index >= 15 is 0 Å². The van der Waals surface area contributed by atoms with E-state index in [1.54, 1.807) is 16.7 Å². The third kappa shape index (κ3) is 1.64. The molecule has 0 heterocycles. The zero-order valence-electron chi connectivity index (χ0n) is 12.9. The monoisotopic (exact) mass is 270 g/mol. The lowest BCUT2D eigenvalue weighted by molar-refractivity contribution is -0.129. The molecule has 0 spiro atoms. The topological polar surface area (TPSA) is 17.1 Å². The molecule has 108 valence electrons. The van der Waals surface area contributed by atoms with Gasteiger partial charge < -0.3 is 0 Å². The summed E-state index contributed by atoms with van der Waals surface area (Å²) in [6, 6.07) is 0. The minimum absolute atomic E-state index is 0.0413. The maximum atomic E-state index is 12.3. The van der Waals surface area contributed by atoms with Gasteiger partial charge in [-0.1, -0.05) is 29.7 Å². The minimum atomic E-state index is 0.0413. The number of allylic oxidation sites excluding steroid dienone is 4. The largest absolute Gasteiger partial charge is 0.299 e. The van der Waals surface area contributed by atoms with Gasteiger partial charge in [0, 0.05) is 11.8 Å². The molecule has 0 unspecified atom stereocenters. The molecule has 1 heteroatoms. The van der Waals surface area contributed by atoms with Crippen LogP contribution in [0.25, 0.3) is 0 Å². The first-order valence-corrected chi connectivity index (χ1v) is 8.49. The van der Waals surface area contributed by atoms with E-state index in [0.29, 0.717) is 11.7 Å². The highest BCUT2D eigenvalue weighted by molar-refractivity contribution is 5.87. The third-order valence-corrected chi connectivity index (χ3v) is 6.99. The smallest absolute Gasteiger partial charge is 0.139 e. The van der Waals surface area contributed by atoms with Gasteiger partial charge in [0.25, 0.3) is 0 Å². The molecule has 0 bridgehead atoms. The van der Waals surface area contributed by atoms with Crippen LogP contribution in [0.1, 0.15) is 65.2 Å². The predicted octanol–water partition coefficient (Wildman–Crippen LogP) is 4.83. The van der Waals surface area contributed by atoms with Crippen molar-refractivity contribution in [1.29, 1.82) is 0 Å². The van der Waals surface area contributed by atoms with Crippen molar-refractivity contribution in [2.24, 2.45) is 23.2 Å². The number of carbonyl (C=O) groups is 1. The van der Waals surface area contributed by atoms with Crippen LogP contribution in [0.5, 0.6) is 0 Å². The Hall–Kier alpha value is -0.850. The molecule has 0 aromatic heterocycles. The number of Topliss-reactive ketones (excluding diaryl/α,β-unsaturated/α-hetero) is 1. The van der Waals surface area contributed by atoms with Gasteiger partial charge in [-0.25, -0.2) is 0 Å². The SMILES string of the molecule is CC1=CCC2=C(CC[C@@H]3[C@@H]2CC[C@]2(C)C(=O)CC[C@@H]32)C1. The Kier molecular flexibility index (Phi) is 2.78. The highest BCUT2D eigenvalue weighted by atomic mass is 16.1. The van der Waals surface area contributed by atoms with Crippen LogP contribution in [0.4, 0.5) is 0 Å². The van der Waals surface area contributed by atoms with Crippen LogP contribution in [0.3, 0.4) is 0 Å². The zero-order valence-corrected chi connectivity index (χ0v) is 12.9. The van der Waals surface area contributed by atoms with E-state index in [1.165, 1.54) is 38.5 Å². The fourth-order valence-electron chi connectivity index (χ4n) is 5.85. The Balaban J connectivity index is 1.66. The van der Waals surface area contributed by atoms with Crippen molar-refractivity contribution >= 4 is 5.78 Å². The quantitative estimate of drug-likeness (QED) is 0.576. The van der Waals surface area contributed by atoms with E-state index in [4.69, 9.17) is 0 Å². The summed E-state index contributed by atoms with van der Waals surface area (Å²) in [5.74, 6) is 2.88. The Morgan fingerprint density at radius 1 is 1.20 bits per heavy atom.